The van der Waals surface area contributed by atoms with Crippen LogP contribution in [0.4, 0.5) is 0 Å². The Balaban J connectivity index is 3.54. The number of quaternary nitrogens is 1. The monoisotopic (exact) mass is 622 g/mol. The van der Waals surface area contributed by atoms with Crippen molar-refractivity contribution >= 4 is 7.82 Å². The molecule has 0 N–H and O–H groups in total. The lowest BCUT2D eigenvalue weighted by Crippen LogP contribution is -2.35. The van der Waals surface area contributed by atoms with Crippen LogP contribution in [-0.2, 0) is 23.1 Å². The standard InChI is InChI=1S/C34H72NO6P/c1-33(2)27-23-19-15-11-9-7-8-10-13-17-21-25-29-39-31-34(38-6)32-41-42(36,37)40-30-26-22-18-14-12-16-20-24-28-35(3,4)5/h33-34H,7-32H2,1-6H3. The van der Waals surface area contributed by atoms with E-state index in [9.17, 15) is 9.46 Å². The molecule has 0 aromatic carbocycles. The minimum atomic E-state index is -4.31. The molecule has 0 radical (unpaired) electrons. The highest BCUT2D eigenvalue weighted by molar-refractivity contribution is 7.45. The van der Waals surface area contributed by atoms with E-state index in [1.807, 2.05) is 0 Å². The molecule has 0 bridgehead atoms. The van der Waals surface area contributed by atoms with Gasteiger partial charge in [0.15, 0.2) is 0 Å². The molecule has 0 aromatic rings. The van der Waals surface area contributed by atoms with Gasteiger partial charge in [0.25, 0.3) is 7.82 Å². The molecule has 8 heteroatoms. The van der Waals surface area contributed by atoms with Crippen molar-refractivity contribution in [2.45, 2.75) is 155 Å². The number of phosphoric ester groups is 1. The molecule has 2 unspecified atom stereocenters. The predicted molar refractivity (Wildman–Crippen MR) is 176 cm³/mol. The Morgan fingerprint density at radius 2 is 1.02 bits per heavy atom. The van der Waals surface area contributed by atoms with Gasteiger partial charge in [-0.1, -0.05) is 123 Å². The molecule has 0 aliphatic heterocycles. The van der Waals surface area contributed by atoms with Gasteiger partial charge in [0.05, 0.1) is 47.5 Å². The zero-order chi connectivity index (χ0) is 31.4. The normalized spacial score (nSPS) is 14.5. The average Bonchev–Trinajstić information content (AvgIpc) is 2.92. The van der Waals surface area contributed by atoms with Crippen LogP contribution >= 0.6 is 7.82 Å². The van der Waals surface area contributed by atoms with Gasteiger partial charge in [-0.25, -0.2) is 0 Å². The Bertz CT molecular complexity index is 613. The van der Waals surface area contributed by atoms with Gasteiger partial charge in [0.2, 0.25) is 0 Å². The average molecular weight is 622 g/mol. The highest BCUT2D eigenvalue weighted by atomic mass is 31.2. The molecule has 2 atom stereocenters. The van der Waals surface area contributed by atoms with Crippen LogP contribution in [0.2, 0.25) is 0 Å². The van der Waals surface area contributed by atoms with Crippen LogP contribution in [-0.4, -0.2) is 71.8 Å². The lowest BCUT2D eigenvalue weighted by molar-refractivity contribution is -0.870. The molecule has 0 aliphatic carbocycles. The van der Waals surface area contributed by atoms with Gasteiger partial charge in [-0.15, -0.1) is 0 Å². The zero-order valence-electron chi connectivity index (χ0n) is 28.9. The van der Waals surface area contributed by atoms with Crippen molar-refractivity contribution in [2.75, 3.05) is 61.2 Å². The largest absolute Gasteiger partial charge is 0.756 e. The summed E-state index contributed by atoms with van der Waals surface area (Å²) in [5.74, 6) is 0.850. The van der Waals surface area contributed by atoms with Crippen molar-refractivity contribution in [3.63, 3.8) is 0 Å². The second-order valence-corrected chi connectivity index (χ2v) is 15.2. The first-order valence-corrected chi connectivity index (χ1v) is 19.0. The summed E-state index contributed by atoms with van der Waals surface area (Å²) in [5.41, 5.74) is 0. The van der Waals surface area contributed by atoms with E-state index in [-0.39, 0.29) is 13.2 Å². The van der Waals surface area contributed by atoms with Crippen LogP contribution in [0.5, 0.6) is 0 Å². The van der Waals surface area contributed by atoms with E-state index in [4.69, 9.17) is 18.5 Å². The molecule has 0 saturated carbocycles. The van der Waals surface area contributed by atoms with Crippen molar-refractivity contribution in [1.82, 2.24) is 0 Å². The van der Waals surface area contributed by atoms with Gasteiger partial charge in [-0.3, -0.25) is 4.57 Å². The quantitative estimate of drug-likeness (QED) is 0.0413. The summed E-state index contributed by atoms with van der Waals surface area (Å²) in [6.07, 6.45) is 25.9. The number of phosphoric acid groups is 1. The van der Waals surface area contributed by atoms with Crippen molar-refractivity contribution < 1.29 is 32.5 Å². The van der Waals surface area contributed by atoms with Crippen LogP contribution < -0.4 is 4.89 Å². The molecule has 0 aliphatic rings. The number of ether oxygens (including phenoxy) is 2. The first kappa shape index (κ1) is 42.0. The van der Waals surface area contributed by atoms with Gasteiger partial charge in [0, 0.05) is 13.7 Å². The first-order chi connectivity index (χ1) is 20.1. The number of nitrogens with zero attached hydrogens (tertiary/aromatic N) is 1. The van der Waals surface area contributed by atoms with Gasteiger partial charge in [-0.05, 0) is 31.6 Å². The smallest absolute Gasteiger partial charge is 0.267 e. The van der Waals surface area contributed by atoms with Gasteiger partial charge in [-0.2, -0.15) is 0 Å². The molecule has 0 rings (SSSR count). The molecule has 0 amide bonds. The Hall–Kier alpha value is -0.0100. The Kier molecular flexibility index (Phi) is 28.5. The number of hydrogen-bond donors (Lipinski definition) is 0. The third kappa shape index (κ3) is 32.9. The fraction of sp³-hybridized carbons (Fsp3) is 1.00. The second kappa shape index (κ2) is 28.5. The summed E-state index contributed by atoms with van der Waals surface area (Å²) in [7, 11) is 3.94. The fourth-order valence-corrected chi connectivity index (χ4v) is 5.84. The molecule has 0 heterocycles. The molecular weight excluding hydrogens is 549 g/mol. The summed E-state index contributed by atoms with van der Waals surface area (Å²) in [6, 6.07) is 0. The van der Waals surface area contributed by atoms with E-state index in [2.05, 4.69) is 35.0 Å². The van der Waals surface area contributed by atoms with Crippen molar-refractivity contribution in [2.24, 2.45) is 5.92 Å². The molecule has 254 valence electrons. The van der Waals surface area contributed by atoms with E-state index >= 15 is 0 Å². The highest BCUT2D eigenvalue weighted by Gasteiger charge is 2.15. The van der Waals surface area contributed by atoms with Gasteiger partial charge in [0.1, 0.15) is 6.10 Å². The van der Waals surface area contributed by atoms with E-state index in [1.165, 1.54) is 116 Å². The lowest BCUT2D eigenvalue weighted by Gasteiger charge is -2.25. The van der Waals surface area contributed by atoms with Crippen LogP contribution in [0.1, 0.15) is 149 Å². The molecule has 0 spiro atoms. The zero-order valence-corrected chi connectivity index (χ0v) is 29.8. The molecule has 42 heavy (non-hydrogen) atoms. The highest BCUT2D eigenvalue weighted by Crippen LogP contribution is 2.38. The molecule has 0 aromatic heterocycles. The summed E-state index contributed by atoms with van der Waals surface area (Å²) < 4.78 is 34.2. The Morgan fingerprint density at radius 3 is 1.48 bits per heavy atom. The second-order valence-electron chi connectivity index (χ2n) is 13.8. The third-order valence-electron chi connectivity index (χ3n) is 7.85. The number of unbranched alkanes of at least 4 members (excludes halogenated alkanes) is 18. The van der Waals surface area contributed by atoms with E-state index in [0.29, 0.717) is 13.2 Å². The summed E-state index contributed by atoms with van der Waals surface area (Å²) in [5, 5.41) is 0. The molecule has 0 fully saturated rings. The summed E-state index contributed by atoms with van der Waals surface area (Å²) in [6.45, 7) is 6.94. The van der Waals surface area contributed by atoms with Crippen LogP contribution in [0.15, 0.2) is 0 Å². The molecular formula is C34H72NO6P. The Labute approximate surface area is 262 Å². The predicted octanol–water partition coefficient (Wildman–Crippen LogP) is 9.07. The van der Waals surface area contributed by atoms with Crippen molar-refractivity contribution in [1.29, 1.82) is 0 Å². The maximum Gasteiger partial charge on any atom is 0.267 e. The first-order valence-electron chi connectivity index (χ1n) is 17.6. The van der Waals surface area contributed by atoms with E-state index in [1.54, 1.807) is 7.11 Å². The lowest BCUT2D eigenvalue weighted by atomic mass is 10.0. The van der Waals surface area contributed by atoms with Crippen LogP contribution in [0.25, 0.3) is 0 Å². The topological polar surface area (TPSA) is 77.1 Å². The summed E-state index contributed by atoms with van der Waals surface area (Å²) >= 11 is 0. The van der Waals surface area contributed by atoms with Gasteiger partial charge >= 0.3 is 0 Å². The third-order valence-corrected chi connectivity index (χ3v) is 8.81. The minimum Gasteiger partial charge on any atom is -0.756 e. The summed E-state index contributed by atoms with van der Waals surface area (Å²) in [4.78, 5) is 12.1. The number of rotatable bonds is 33. The number of hydrogen-bond acceptors (Lipinski definition) is 6. The minimum absolute atomic E-state index is 0.0800. The van der Waals surface area contributed by atoms with Crippen LogP contribution in [0, 0.1) is 5.92 Å². The fourth-order valence-electron chi connectivity index (χ4n) is 5.06. The van der Waals surface area contributed by atoms with Crippen LogP contribution in [0.3, 0.4) is 0 Å². The van der Waals surface area contributed by atoms with Crippen molar-refractivity contribution in [3.05, 3.63) is 0 Å². The van der Waals surface area contributed by atoms with Crippen molar-refractivity contribution in [3.8, 4) is 0 Å². The maximum absolute atomic E-state index is 12.1. The number of methoxy groups -OCH3 is 1. The maximum atomic E-state index is 12.1. The SMILES string of the molecule is COC(COCCCCCCCCCCCCCCC(C)C)COP(=O)([O-])OCCCCCCCCCC[N+](C)(C)C. The van der Waals surface area contributed by atoms with E-state index < -0.39 is 13.9 Å². The van der Waals surface area contributed by atoms with E-state index in [0.717, 1.165) is 36.1 Å². The van der Waals surface area contributed by atoms with Gasteiger partial charge < -0.3 is 27.9 Å². The molecule has 7 nitrogen and oxygen atoms in total. The molecule has 0 saturated heterocycles. The Morgan fingerprint density at radius 1 is 0.595 bits per heavy atom.